The molecule has 1 fully saturated rings. The van der Waals surface area contributed by atoms with Crippen molar-refractivity contribution in [2.45, 2.75) is 19.4 Å². The van der Waals surface area contributed by atoms with Gasteiger partial charge in [0.2, 0.25) is 11.8 Å². The van der Waals surface area contributed by atoms with Gasteiger partial charge in [-0.1, -0.05) is 13.0 Å². The number of nitrogens with two attached hydrogens (primary N) is 1. The van der Waals surface area contributed by atoms with Crippen LogP contribution in [0.25, 0.3) is 0 Å². The second-order valence-corrected chi connectivity index (χ2v) is 4.32. The van der Waals surface area contributed by atoms with E-state index >= 15 is 0 Å². The van der Waals surface area contributed by atoms with Gasteiger partial charge < -0.3 is 10.3 Å². The number of carbonyl (C=O) groups is 3. The molecule has 1 aromatic heterocycles. The number of rotatable bonds is 3. The van der Waals surface area contributed by atoms with Crippen molar-refractivity contribution in [3.63, 3.8) is 0 Å². The van der Waals surface area contributed by atoms with Gasteiger partial charge in [0.15, 0.2) is 0 Å². The summed E-state index contributed by atoms with van der Waals surface area (Å²) in [4.78, 5) is 40.8. The number of carbonyl (C=O) groups excluding carboxylic acids is 3. The van der Waals surface area contributed by atoms with E-state index in [1.807, 2.05) is 0 Å². The van der Waals surface area contributed by atoms with Crippen molar-refractivity contribution in [2.24, 2.45) is 5.84 Å². The fraction of sp³-hybridized carbons (Fsp3) is 0.333. The molecule has 8 heteroatoms. The number of aromatic nitrogens is 1. The molecular weight excluding hydrogens is 262 g/mol. The Morgan fingerprint density at radius 2 is 2.30 bits per heavy atom. The first kappa shape index (κ1) is 13.9. The number of imide groups is 1. The Bertz CT molecular complexity index is 560. The molecular formula is C12H15N5O3. The maximum absolute atomic E-state index is 12.4. The highest BCUT2D eigenvalue weighted by Crippen LogP contribution is 2.14. The Balaban J connectivity index is 2.29. The summed E-state index contributed by atoms with van der Waals surface area (Å²) in [6, 6.07) is 4.05. The highest BCUT2D eigenvalue weighted by Gasteiger charge is 2.36. The predicted molar refractivity (Wildman–Crippen MR) is 70.3 cm³/mol. The minimum absolute atomic E-state index is 0.126. The minimum Gasteiger partial charge on any atom is -0.316 e. The SMILES string of the molecule is CCC1C(=O)NC(=O)CN1C(=O)c1cccc(NN)n1. The van der Waals surface area contributed by atoms with E-state index in [4.69, 9.17) is 5.84 Å². The van der Waals surface area contributed by atoms with Crippen molar-refractivity contribution in [1.29, 1.82) is 0 Å². The van der Waals surface area contributed by atoms with E-state index in [9.17, 15) is 14.4 Å². The number of pyridine rings is 1. The first-order valence-corrected chi connectivity index (χ1v) is 6.15. The number of anilines is 1. The van der Waals surface area contributed by atoms with E-state index in [2.05, 4.69) is 15.7 Å². The van der Waals surface area contributed by atoms with Gasteiger partial charge in [0, 0.05) is 0 Å². The number of nitrogen functional groups attached to an aromatic ring is 1. The zero-order valence-corrected chi connectivity index (χ0v) is 10.9. The summed E-state index contributed by atoms with van der Waals surface area (Å²) in [7, 11) is 0. The Labute approximate surface area is 115 Å². The third-order valence-electron chi connectivity index (χ3n) is 3.02. The van der Waals surface area contributed by atoms with Crippen molar-refractivity contribution < 1.29 is 14.4 Å². The normalized spacial score (nSPS) is 18.7. The van der Waals surface area contributed by atoms with Crippen LogP contribution in [0.2, 0.25) is 0 Å². The fourth-order valence-corrected chi connectivity index (χ4v) is 2.07. The van der Waals surface area contributed by atoms with Crippen LogP contribution in [0.4, 0.5) is 5.82 Å². The lowest BCUT2D eigenvalue weighted by Gasteiger charge is -2.33. The highest BCUT2D eigenvalue weighted by molar-refractivity contribution is 6.06. The van der Waals surface area contributed by atoms with Gasteiger partial charge in [-0.2, -0.15) is 0 Å². The summed E-state index contributed by atoms with van der Waals surface area (Å²) in [5.41, 5.74) is 2.47. The molecule has 1 aromatic rings. The lowest BCUT2D eigenvalue weighted by molar-refractivity contribution is -0.138. The van der Waals surface area contributed by atoms with Gasteiger partial charge in [-0.25, -0.2) is 10.8 Å². The average molecular weight is 277 g/mol. The van der Waals surface area contributed by atoms with E-state index in [0.29, 0.717) is 12.2 Å². The van der Waals surface area contributed by atoms with Crippen LogP contribution in [-0.2, 0) is 9.59 Å². The lowest BCUT2D eigenvalue weighted by atomic mass is 10.1. The first-order chi connectivity index (χ1) is 9.56. The standard InChI is InChI=1S/C12H15N5O3/c1-2-8-11(19)15-10(18)6-17(8)12(20)7-4-3-5-9(14-7)16-13/h3-5,8H,2,6,13H2,1H3,(H,14,16)(H,15,18,19). The maximum atomic E-state index is 12.4. The second-order valence-electron chi connectivity index (χ2n) is 4.32. The average Bonchev–Trinajstić information content (AvgIpc) is 2.45. The number of piperazine rings is 1. The molecule has 2 heterocycles. The summed E-state index contributed by atoms with van der Waals surface area (Å²) in [6.45, 7) is 1.61. The number of nitrogens with zero attached hydrogens (tertiary/aromatic N) is 2. The summed E-state index contributed by atoms with van der Waals surface area (Å²) < 4.78 is 0. The quantitative estimate of drug-likeness (QED) is 0.380. The Morgan fingerprint density at radius 3 is 2.95 bits per heavy atom. The molecule has 2 rings (SSSR count). The third kappa shape index (κ3) is 2.59. The van der Waals surface area contributed by atoms with E-state index in [-0.39, 0.29) is 12.2 Å². The van der Waals surface area contributed by atoms with Crippen molar-refractivity contribution in [1.82, 2.24) is 15.2 Å². The first-order valence-electron chi connectivity index (χ1n) is 6.15. The van der Waals surface area contributed by atoms with Crippen molar-refractivity contribution in [3.05, 3.63) is 23.9 Å². The molecule has 1 saturated heterocycles. The van der Waals surface area contributed by atoms with Crippen molar-refractivity contribution >= 4 is 23.5 Å². The monoisotopic (exact) mass is 277 g/mol. The molecule has 1 aliphatic rings. The van der Waals surface area contributed by atoms with E-state index < -0.39 is 23.8 Å². The molecule has 0 bridgehead atoms. The lowest BCUT2D eigenvalue weighted by Crippen LogP contribution is -2.59. The van der Waals surface area contributed by atoms with Crippen LogP contribution in [0.3, 0.4) is 0 Å². The Hall–Kier alpha value is -2.48. The molecule has 0 aliphatic carbocycles. The van der Waals surface area contributed by atoms with Gasteiger partial charge in [-0.15, -0.1) is 0 Å². The van der Waals surface area contributed by atoms with Gasteiger partial charge in [0.1, 0.15) is 24.1 Å². The number of amides is 3. The van der Waals surface area contributed by atoms with Gasteiger partial charge >= 0.3 is 0 Å². The molecule has 106 valence electrons. The van der Waals surface area contributed by atoms with E-state index in [1.165, 1.54) is 11.0 Å². The fourth-order valence-electron chi connectivity index (χ4n) is 2.07. The molecule has 3 amide bonds. The van der Waals surface area contributed by atoms with Gasteiger partial charge in [0.25, 0.3) is 5.91 Å². The van der Waals surface area contributed by atoms with Gasteiger partial charge in [-0.05, 0) is 18.6 Å². The molecule has 8 nitrogen and oxygen atoms in total. The van der Waals surface area contributed by atoms with Crippen LogP contribution in [0.1, 0.15) is 23.8 Å². The van der Waals surface area contributed by atoms with Crippen molar-refractivity contribution in [2.75, 3.05) is 12.0 Å². The maximum Gasteiger partial charge on any atom is 0.273 e. The number of hydrazine groups is 1. The smallest absolute Gasteiger partial charge is 0.273 e. The topological polar surface area (TPSA) is 117 Å². The highest BCUT2D eigenvalue weighted by atomic mass is 16.2. The predicted octanol–water partition coefficient (Wildman–Crippen LogP) is -0.756. The second kappa shape index (κ2) is 5.66. The van der Waals surface area contributed by atoms with Crippen LogP contribution in [0.15, 0.2) is 18.2 Å². The van der Waals surface area contributed by atoms with Gasteiger partial charge in [-0.3, -0.25) is 19.7 Å². The largest absolute Gasteiger partial charge is 0.316 e. The van der Waals surface area contributed by atoms with Crippen LogP contribution < -0.4 is 16.6 Å². The molecule has 1 aliphatic heterocycles. The van der Waals surface area contributed by atoms with Crippen LogP contribution >= 0.6 is 0 Å². The Morgan fingerprint density at radius 1 is 1.55 bits per heavy atom. The minimum atomic E-state index is -0.670. The number of nitrogens with one attached hydrogen (secondary N) is 2. The molecule has 0 aromatic carbocycles. The summed E-state index contributed by atoms with van der Waals surface area (Å²) in [5.74, 6) is 4.13. The molecule has 1 atom stereocenters. The molecule has 0 spiro atoms. The van der Waals surface area contributed by atoms with E-state index in [0.717, 1.165) is 0 Å². The summed E-state index contributed by atoms with van der Waals surface area (Å²) in [6.07, 6.45) is 0.416. The van der Waals surface area contributed by atoms with Crippen molar-refractivity contribution in [3.8, 4) is 0 Å². The summed E-state index contributed by atoms with van der Waals surface area (Å²) >= 11 is 0. The molecule has 20 heavy (non-hydrogen) atoms. The molecule has 0 radical (unpaired) electrons. The summed E-state index contributed by atoms with van der Waals surface area (Å²) in [5, 5.41) is 2.21. The van der Waals surface area contributed by atoms with Crippen LogP contribution in [0.5, 0.6) is 0 Å². The van der Waals surface area contributed by atoms with Crippen LogP contribution in [0, 0.1) is 0 Å². The van der Waals surface area contributed by atoms with Crippen LogP contribution in [-0.4, -0.2) is 40.2 Å². The number of hydrogen-bond donors (Lipinski definition) is 3. The Kier molecular flexibility index (Phi) is 3.94. The van der Waals surface area contributed by atoms with Gasteiger partial charge in [0.05, 0.1) is 0 Å². The van der Waals surface area contributed by atoms with E-state index in [1.54, 1.807) is 19.1 Å². The zero-order chi connectivity index (χ0) is 14.7. The zero-order valence-electron chi connectivity index (χ0n) is 10.9. The molecule has 1 unspecified atom stereocenters. The molecule has 4 N–H and O–H groups in total. The third-order valence-corrected chi connectivity index (χ3v) is 3.02. The molecule has 0 saturated carbocycles. The number of hydrogen-bond acceptors (Lipinski definition) is 6.